The Kier molecular flexibility index (Phi) is 11.1. The number of hydrogen-bond donors (Lipinski definition) is 2. The van der Waals surface area contributed by atoms with E-state index in [-0.39, 0.29) is 43.0 Å². The molecule has 2 heterocycles. The Bertz CT molecular complexity index is 655. The van der Waals surface area contributed by atoms with Crippen molar-refractivity contribution < 1.29 is 21.6 Å². The molecule has 7 nitrogen and oxygen atoms in total. The van der Waals surface area contributed by atoms with Crippen molar-refractivity contribution in [2.45, 2.75) is 51.1 Å². The van der Waals surface area contributed by atoms with Crippen molar-refractivity contribution in [3.63, 3.8) is 0 Å². The molecule has 0 spiro atoms. The van der Waals surface area contributed by atoms with Crippen LogP contribution in [0.25, 0.3) is 0 Å². The number of hydrogen-bond acceptors (Lipinski definition) is 4. The van der Waals surface area contributed by atoms with Crippen LogP contribution in [0.1, 0.15) is 39.5 Å². The van der Waals surface area contributed by atoms with Crippen molar-refractivity contribution >= 4 is 40.0 Å². The van der Waals surface area contributed by atoms with Gasteiger partial charge >= 0.3 is 15.5 Å². The number of likely N-dealkylation sites (tertiary alicyclic amines) is 1. The molecule has 0 bridgehead atoms. The number of guanidine groups is 1. The number of piperidine rings is 2. The van der Waals surface area contributed by atoms with Gasteiger partial charge in [-0.15, -0.1) is 24.0 Å². The number of aliphatic imine (C=N–C) groups is 1. The number of alkyl halides is 3. The number of sulfonamides is 1. The van der Waals surface area contributed by atoms with Crippen LogP contribution in [0.3, 0.4) is 0 Å². The molecule has 2 unspecified atom stereocenters. The molecule has 2 aliphatic rings. The molecule has 178 valence electrons. The van der Waals surface area contributed by atoms with Crippen LogP contribution in [0.5, 0.6) is 0 Å². The fraction of sp³-hybridized carbons (Fsp3) is 0.944. The van der Waals surface area contributed by atoms with E-state index in [0.717, 1.165) is 25.6 Å². The largest absolute Gasteiger partial charge is 0.511 e. The van der Waals surface area contributed by atoms with E-state index in [0.29, 0.717) is 35.7 Å². The molecule has 0 saturated carbocycles. The van der Waals surface area contributed by atoms with Crippen LogP contribution < -0.4 is 10.6 Å². The van der Waals surface area contributed by atoms with Gasteiger partial charge in [-0.05, 0) is 51.0 Å². The van der Waals surface area contributed by atoms with E-state index >= 15 is 0 Å². The number of nitrogens with zero attached hydrogens (tertiary/aromatic N) is 3. The second-order valence-corrected chi connectivity index (χ2v) is 10.1. The number of halogens is 4. The normalized spacial score (nSPS) is 24.2. The van der Waals surface area contributed by atoms with E-state index in [1.165, 1.54) is 12.8 Å². The van der Waals surface area contributed by atoms with Crippen LogP contribution in [-0.4, -0.2) is 81.4 Å². The zero-order valence-electron chi connectivity index (χ0n) is 17.9. The van der Waals surface area contributed by atoms with E-state index in [1.807, 2.05) is 0 Å². The van der Waals surface area contributed by atoms with E-state index in [4.69, 9.17) is 0 Å². The maximum absolute atomic E-state index is 12.7. The van der Waals surface area contributed by atoms with Crippen LogP contribution in [0.2, 0.25) is 0 Å². The molecule has 0 aliphatic carbocycles. The smallest absolute Gasteiger partial charge is 0.356 e. The molecule has 2 rings (SSSR count). The molecule has 2 fully saturated rings. The first-order valence-corrected chi connectivity index (χ1v) is 11.7. The number of rotatable bonds is 6. The van der Waals surface area contributed by atoms with Crippen molar-refractivity contribution in [1.29, 1.82) is 0 Å². The molecule has 0 amide bonds. The Hall–Kier alpha value is -0.340. The third-order valence-corrected chi connectivity index (χ3v) is 7.49. The highest BCUT2D eigenvalue weighted by molar-refractivity contribution is 14.0. The van der Waals surface area contributed by atoms with Crippen LogP contribution in [0.15, 0.2) is 4.99 Å². The summed E-state index contributed by atoms with van der Waals surface area (Å²) in [7, 11) is -3.54. The maximum Gasteiger partial charge on any atom is 0.511 e. The van der Waals surface area contributed by atoms with E-state index in [2.05, 4.69) is 34.4 Å². The minimum absolute atomic E-state index is 0. The lowest BCUT2D eigenvalue weighted by Crippen LogP contribution is -2.50. The van der Waals surface area contributed by atoms with Crippen LogP contribution in [0.4, 0.5) is 13.2 Å². The van der Waals surface area contributed by atoms with Gasteiger partial charge in [0, 0.05) is 45.8 Å². The molecule has 0 aromatic heterocycles. The minimum Gasteiger partial charge on any atom is -0.356 e. The lowest BCUT2D eigenvalue weighted by Gasteiger charge is -2.36. The first-order valence-electron chi connectivity index (χ1n) is 10.3. The van der Waals surface area contributed by atoms with Crippen molar-refractivity contribution in [3.05, 3.63) is 0 Å². The van der Waals surface area contributed by atoms with E-state index < -0.39 is 15.5 Å². The quantitative estimate of drug-likeness (QED) is 0.292. The molecule has 2 saturated heterocycles. The summed E-state index contributed by atoms with van der Waals surface area (Å²) in [5.41, 5.74) is -5.23. The first-order chi connectivity index (χ1) is 13.5. The zero-order valence-corrected chi connectivity index (χ0v) is 21.1. The first kappa shape index (κ1) is 27.7. The average Bonchev–Trinajstić information content (AvgIpc) is 2.67. The third kappa shape index (κ3) is 7.66. The number of nitrogens with one attached hydrogen (secondary N) is 2. The molecular formula is C18H35F3IN5O2S. The van der Waals surface area contributed by atoms with E-state index in [1.54, 1.807) is 7.05 Å². The fourth-order valence-corrected chi connectivity index (χ4v) is 4.95. The van der Waals surface area contributed by atoms with Gasteiger partial charge in [0.1, 0.15) is 0 Å². The molecule has 2 atom stereocenters. The Morgan fingerprint density at radius 1 is 1.17 bits per heavy atom. The van der Waals surface area contributed by atoms with Gasteiger partial charge in [0.05, 0.1) is 0 Å². The van der Waals surface area contributed by atoms with Crippen LogP contribution in [-0.2, 0) is 10.0 Å². The van der Waals surface area contributed by atoms with Crippen LogP contribution >= 0.6 is 24.0 Å². The Balaban J connectivity index is 0.00000450. The average molecular weight is 569 g/mol. The second kappa shape index (κ2) is 12.0. The lowest BCUT2D eigenvalue weighted by atomic mass is 9.98. The summed E-state index contributed by atoms with van der Waals surface area (Å²) in [6.45, 7) is 7.78. The standard InChI is InChI=1S/C18H34F3N5O2S.HI/c1-14-5-4-8-25(13-14)15(2)11-23-17(22-3)24-12-16-6-9-26(10-7-16)29(27,28)18(19,20)21;/h14-16H,4-13H2,1-3H3,(H2,22,23,24);1H. The van der Waals surface area contributed by atoms with Gasteiger partial charge in [-0.2, -0.15) is 17.5 Å². The Morgan fingerprint density at radius 3 is 2.33 bits per heavy atom. The topological polar surface area (TPSA) is 77.0 Å². The summed E-state index contributed by atoms with van der Waals surface area (Å²) in [6, 6.07) is 0.382. The highest BCUT2D eigenvalue weighted by atomic mass is 127. The van der Waals surface area contributed by atoms with Crippen LogP contribution in [0, 0.1) is 11.8 Å². The minimum atomic E-state index is -5.23. The van der Waals surface area contributed by atoms with Crippen molar-refractivity contribution in [3.8, 4) is 0 Å². The summed E-state index contributed by atoms with van der Waals surface area (Å²) in [5, 5.41) is 6.54. The molecule has 2 aliphatic heterocycles. The summed E-state index contributed by atoms with van der Waals surface area (Å²) in [6.07, 6.45) is 3.28. The summed E-state index contributed by atoms with van der Waals surface area (Å²) < 4.78 is 61.4. The Morgan fingerprint density at radius 2 is 1.80 bits per heavy atom. The molecule has 0 aromatic carbocycles. The van der Waals surface area contributed by atoms with Crippen molar-refractivity contribution in [2.24, 2.45) is 16.8 Å². The van der Waals surface area contributed by atoms with Gasteiger partial charge in [-0.1, -0.05) is 6.92 Å². The van der Waals surface area contributed by atoms with Crippen molar-refractivity contribution in [1.82, 2.24) is 19.8 Å². The predicted molar refractivity (Wildman–Crippen MR) is 123 cm³/mol. The maximum atomic E-state index is 12.7. The molecule has 2 N–H and O–H groups in total. The lowest BCUT2D eigenvalue weighted by molar-refractivity contribution is -0.0496. The summed E-state index contributed by atoms with van der Waals surface area (Å²) in [4.78, 5) is 6.69. The monoisotopic (exact) mass is 569 g/mol. The van der Waals surface area contributed by atoms with Gasteiger partial charge < -0.3 is 10.6 Å². The molecule has 30 heavy (non-hydrogen) atoms. The summed E-state index contributed by atoms with van der Waals surface area (Å²) in [5.74, 6) is 1.48. The molecule has 0 radical (unpaired) electrons. The fourth-order valence-electron chi connectivity index (χ4n) is 3.96. The Labute approximate surface area is 195 Å². The van der Waals surface area contributed by atoms with Gasteiger partial charge in [-0.3, -0.25) is 9.89 Å². The molecular weight excluding hydrogens is 534 g/mol. The summed E-state index contributed by atoms with van der Waals surface area (Å²) >= 11 is 0. The SMILES string of the molecule is CN=C(NCC1CCN(S(=O)(=O)C(F)(F)F)CC1)NCC(C)N1CCCC(C)C1.I. The van der Waals surface area contributed by atoms with Gasteiger partial charge in [0.25, 0.3) is 0 Å². The third-order valence-electron chi connectivity index (χ3n) is 5.86. The van der Waals surface area contributed by atoms with Gasteiger partial charge in [0.2, 0.25) is 0 Å². The molecule has 12 heteroatoms. The van der Waals surface area contributed by atoms with Gasteiger partial charge in [0.15, 0.2) is 5.96 Å². The predicted octanol–water partition coefficient (Wildman–Crippen LogP) is 2.45. The second-order valence-electron chi connectivity index (χ2n) is 8.22. The molecule has 0 aromatic rings. The van der Waals surface area contributed by atoms with Crippen molar-refractivity contribution in [2.75, 3.05) is 46.3 Å². The zero-order chi connectivity index (χ0) is 21.7. The van der Waals surface area contributed by atoms with E-state index in [9.17, 15) is 21.6 Å². The highest BCUT2D eigenvalue weighted by Gasteiger charge is 2.50. The van der Waals surface area contributed by atoms with Gasteiger partial charge in [-0.25, -0.2) is 8.42 Å². The highest BCUT2D eigenvalue weighted by Crippen LogP contribution is 2.30.